The molecule has 166 valence electrons. The molecule has 0 saturated heterocycles. The summed E-state index contributed by atoms with van der Waals surface area (Å²) in [4.78, 5) is 6.96. The molecule has 1 atom stereocenters. The van der Waals surface area contributed by atoms with Crippen LogP contribution in [-0.4, -0.2) is 32.6 Å². The third kappa shape index (κ3) is 5.41. The molecule has 0 fully saturated rings. The lowest BCUT2D eigenvalue weighted by Gasteiger charge is -2.20. The molecule has 3 aromatic carbocycles. The number of nitrogens with one attached hydrogen (secondary N) is 1. The first-order valence-electron chi connectivity index (χ1n) is 10.1. The number of halogens is 1. The number of hydrogen-bond acceptors (Lipinski definition) is 5. The highest BCUT2D eigenvalue weighted by molar-refractivity contribution is 7.92. The van der Waals surface area contributed by atoms with Crippen molar-refractivity contribution in [1.82, 2.24) is 4.90 Å². The fraction of sp³-hybridized carbons (Fsp3) is 0.208. The van der Waals surface area contributed by atoms with Crippen molar-refractivity contribution in [2.45, 2.75) is 19.2 Å². The molecule has 0 amide bonds. The molecule has 1 aliphatic heterocycles. The van der Waals surface area contributed by atoms with E-state index in [1.807, 2.05) is 60.5 Å². The van der Waals surface area contributed by atoms with Crippen molar-refractivity contribution >= 4 is 33.3 Å². The van der Waals surface area contributed by atoms with Gasteiger partial charge in [-0.05, 0) is 46.5 Å². The Bertz CT molecular complexity index is 1230. The maximum atomic E-state index is 11.4. The van der Waals surface area contributed by atoms with Crippen LogP contribution < -0.4 is 4.72 Å². The van der Waals surface area contributed by atoms with Crippen molar-refractivity contribution in [2.24, 2.45) is 4.99 Å². The van der Waals surface area contributed by atoms with Gasteiger partial charge in [-0.25, -0.2) is 13.4 Å². The van der Waals surface area contributed by atoms with E-state index in [0.717, 1.165) is 22.9 Å². The number of anilines is 1. The first-order chi connectivity index (χ1) is 15.3. The van der Waals surface area contributed by atoms with Gasteiger partial charge in [-0.15, -0.1) is 0 Å². The predicted octanol–water partition coefficient (Wildman–Crippen LogP) is 4.82. The van der Waals surface area contributed by atoms with Gasteiger partial charge in [0.2, 0.25) is 10.0 Å². The molecule has 0 radical (unpaired) electrons. The van der Waals surface area contributed by atoms with Crippen LogP contribution in [0, 0.1) is 0 Å². The molecule has 4 rings (SSSR count). The fourth-order valence-electron chi connectivity index (χ4n) is 3.62. The van der Waals surface area contributed by atoms with Gasteiger partial charge in [0, 0.05) is 24.3 Å². The Balaban J connectivity index is 1.58. The summed E-state index contributed by atoms with van der Waals surface area (Å²) in [6.45, 7) is 0.988. The summed E-state index contributed by atoms with van der Waals surface area (Å²) in [5.74, 6) is 0. The number of ether oxygens (including phenoxy) is 1. The van der Waals surface area contributed by atoms with Gasteiger partial charge in [-0.3, -0.25) is 4.72 Å². The van der Waals surface area contributed by atoms with Gasteiger partial charge in [0.15, 0.2) is 0 Å². The molecule has 8 heteroatoms. The molecule has 0 unspecified atom stereocenters. The van der Waals surface area contributed by atoms with E-state index in [1.165, 1.54) is 5.56 Å². The summed E-state index contributed by atoms with van der Waals surface area (Å²) < 4.78 is 31.3. The normalized spacial score (nSPS) is 16.0. The molecule has 1 N–H and O–H groups in total. The highest BCUT2D eigenvalue weighted by atomic mass is 35.5. The Morgan fingerprint density at radius 3 is 2.44 bits per heavy atom. The van der Waals surface area contributed by atoms with E-state index in [4.69, 9.17) is 21.3 Å². The van der Waals surface area contributed by atoms with Crippen LogP contribution in [0.4, 0.5) is 5.69 Å². The van der Waals surface area contributed by atoms with Gasteiger partial charge in [0.1, 0.15) is 12.6 Å². The van der Waals surface area contributed by atoms with Gasteiger partial charge in [0.05, 0.1) is 6.26 Å². The SMILES string of the molecule is CN1Cc2ccccc2[C@H](c2ccc(Cl)cc2)N=C1OCc1ccc(NS(C)(=O)=O)cc1. The van der Waals surface area contributed by atoms with Crippen molar-refractivity contribution < 1.29 is 13.2 Å². The van der Waals surface area contributed by atoms with Crippen LogP contribution in [-0.2, 0) is 27.9 Å². The van der Waals surface area contributed by atoms with Gasteiger partial charge < -0.3 is 9.64 Å². The van der Waals surface area contributed by atoms with Crippen LogP contribution in [0.15, 0.2) is 77.8 Å². The molecule has 1 aliphatic rings. The summed E-state index contributed by atoms with van der Waals surface area (Å²) in [5.41, 5.74) is 4.78. The second-order valence-electron chi connectivity index (χ2n) is 7.78. The van der Waals surface area contributed by atoms with Crippen LogP contribution >= 0.6 is 11.6 Å². The lowest BCUT2D eigenvalue weighted by Crippen LogP contribution is -2.27. The summed E-state index contributed by atoms with van der Waals surface area (Å²) in [5, 5.41) is 0.682. The Morgan fingerprint density at radius 2 is 1.75 bits per heavy atom. The van der Waals surface area contributed by atoms with Crippen molar-refractivity contribution in [1.29, 1.82) is 0 Å². The maximum Gasteiger partial charge on any atom is 0.288 e. The largest absolute Gasteiger partial charge is 0.460 e. The van der Waals surface area contributed by atoms with Gasteiger partial charge >= 0.3 is 0 Å². The third-order valence-corrected chi connectivity index (χ3v) is 5.99. The van der Waals surface area contributed by atoms with Crippen molar-refractivity contribution in [3.8, 4) is 0 Å². The number of nitrogens with zero attached hydrogens (tertiary/aromatic N) is 2. The summed E-state index contributed by atoms with van der Waals surface area (Å²) in [6.07, 6.45) is 1.12. The zero-order chi connectivity index (χ0) is 22.7. The molecule has 1 heterocycles. The molecule has 0 aromatic heterocycles. The molecular weight excluding hydrogens is 446 g/mol. The third-order valence-electron chi connectivity index (χ3n) is 5.13. The topological polar surface area (TPSA) is 71.0 Å². The maximum absolute atomic E-state index is 11.4. The predicted molar refractivity (Wildman–Crippen MR) is 128 cm³/mol. The second-order valence-corrected chi connectivity index (χ2v) is 9.97. The summed E-state index contributed by atoms with van der Waals surface area (Å²) >= 11 is 6.09. The molecular formula is C24H24ClN3O3S. The van der Waals surface area contributed by atoms with E-state index < -0.39 is 10.0 Å². The van der Waals surface area contributed by atoms with Crippen LogP contribution in [0.25, 0.3) is 0 Å². The smallest absolute Gasteiger partial charge is 0.288 e. The minimum absolute atomic E-state index is 0.204. The van der Waals surface area contributed by atoms with E-state index in [-0.39, 0.29) is 6.04 Å². The molecule has 32 heavy (non-hydrogen) atoms. The Morgan fingerprint density at radius 1 is 1.06 bits per heavy atom. The first-order valence-corrected chi connectivity index (χ1v) is 12.4. The lowest BCUT2D eigenvalue weighted by atomic mass is 9.95. The number of amidine groups is 1. The molecule has 0 aliphatic carbocycles. The zero-order valence-corrected chi connectivity index (χ0v) is 19.4. The number of hydrogen-bond donors (Lipinski definition) is 1. The number of aliphatic imine (C=N–C) groups is 1. The quantitative estimate of drug-likeness (QED) is 0.581. The fourth-order valence-corrected chi connectivity index (χ4v) is 4.31. The van der Waals surface area contributed by atoms with Crippen LogP contribution in [0.1, 0.15) is 28.3 Å². The zero-order valence-electron chi connectivity index (χ0n) is 17.8. The number of benzene rings is 3. The number of rotatable bonds is 5. The monoisotopic (exact) mass is 469 g/mol. The lowest BCUT2D eigenvalue weighted by molar-refractivity contribution is 0.231. The Labute approximate surface area is 193 Å². The molecule has 0 saturated carbocycles. The average Bonchev–Trinajstić information content (AvgIpc) is 2.89. The van der Waals surface area contributed by atoms with E-state index in [2.05, 4.69) is 16.9 Å². The molecule has 3 aromatic rings. The minimum atomic E-state index is -3.31. The number of sulfonamides is 1. The first kappa shape index (κ1) is 22.2. The van der Waals surface area contributed by atoms with Crippen molar-refractivity contribution in [3.63, 3.8) is 0 Å². The average molecular weight is 470 g/mol. The number of fused-ring (bicyclic) bond motifs is 1. The van der Waals surface area contributed by atoms with Crippen LogP contribution in [0.5, 0.6) is 0 Å². The van der Waals surface area contributed by atoms with Gasteiger partial charge in [-0.2, -0.15) is 0 Å². The van der Waals surface area contributed by atoms with Crippen molar-refractivity contribution in [2.75, 3.05) is 18.0 Å². The van der Waals surface area contributed by atoms with Crippen molar-refractivity contribution in [3.05, 3.63) is 100 Å². The molecule has 0 bridgehead atoms. The van der Waals surface area contributed by atoms with Gasteiger partial charge in [-0.1, -0.05) is 60.1 Å². The second kappa shape index (κ2) is 9.22. The van der Waals surface area contributed by atoms with Gasteiger partial charge in [0.25, 0.3) is 6.02 Å². The Kier molecular flexibility index (Phi) is 6.39. The van der Waals surface area contributed by atoms with E-state index in [1.54, 1.807) is 12.1 Å². The summed E-state index contributed by atoms with van der Waals surface area (Å²) in [7, 11) is -1.35. The van der Waals surface area contributed by atoms with E-state index in [9.17, 15) is 8.42 Å². The standard InChI is InChI=1S/C24H24ClN3O3S/c1-28-15-19-5-3-4-6-22(19)23(18-9-11-20(25)12-10-18)26-24(28)31-16-17-7-13-21(14-8-17)27-32(2,29)30/h3-14,23,27H,15-16H2,1-2H3/t23-/m0/s1. The van der Waals surface area contributed by atoms with E-state index in [0.29, 0.717) is 29.9 Å². The minimum Gasteiger partial charge on any atom is -0.460 e. The molecule has 6 nitrogen and oxygen atoms in total. The highest BCUT2D eigenvalue weighted by Crippen LogP contribution is 2.33. The van der Waals surface area contributed by atoms with E-state index >= 15 is 0 Å². The Hall–Kier alpha value is -3.03. The van der Waals surface area contributed by atoms with Crippen LogP contribution in [0.2, 0.25) is 5.02 Å². The summed E-state index contributed by atoms with van der Waals surface area (Å²) in [6, 6.07) is 23.4. The van der Waals surface area contributed by atoms with Crippen LogP contribution in [0.3, 0.4) is 0 Å². The highest BCUT2D eigenvalue weighted by Gasteiger charge is 2.24. The molecule has 0 spiro atoms.